The third-order valence-electron chi connectivity index (χ3n) is 4.64. The third-order valence-corrected chi connectivity index (χ3v) is 4.64. The average molecular weight is 302 g/mol. The average Bonchev–Trinajstić information content (AvgIpc) is 3.08. The molecular weight excluding hydrogens is 276 g/mol. The number of rotatable bonds is 4. The van der Waals surface area contributed by atoms with Crippen molar-refractivity contribution in [2.75, 3.05) is 63.1 Å². The van der Waals surface area contributed by atoms with Crippen LogP contribution in [-0.4, -0.2) is 68.6 Å². The summed E-state index contributed by atoms with van der Waals surface area (Å²) in [6, 6.07) is 8.44. The number of nitrogens with zero attached hydrogens (tertiary/aromatic N) is 3. The Morgan fingerprint density at radius 2 is 1.64 bits per heavy atom. The number of carbonyl (C=O) groups excluding carboxylic acids is 1. The molecule has 0 aromatic heterocycles. The van der Waals surface area contributed by atoms with Crippen molar-refractivity contribution in [2.45, 2.75) is 12.8 Å². The zero-order valence-electron chi connectivity index (χ0n) is 13.4. The molecule has 1 aromatic rings. The van der Waals surface area contributed by atoms with E-state index >= 15 is 0 Å². The van der Waals surface area contributed by atoms with E-state index in [1.807, 2.05) is 4.90 Å². The van der Waals surface area contributed by atoms with E-state index in [2.05, 4.69) is 46.4 Å². The molecule has 2 saturated heterocycles. The van der Waals surface area contributed by atoms with Gasteiger partial charge in [-0.3, -0.25) is 4.79 Å². The molecule has 22 heavy (non-hydrogen) atoms. The van der Waals surface area contributed by atoms with Crippen molar-refractivity contribution < 1.29 is 4.79 Å². The van der Waals surface area contributed by atoms with Crippen molar-refractivity contribution in [2.24, 2.45) is 0 Å². The zero-order chi connectivity index (χ0) is 15.4. The van der Waals surface area contributed by atoms with Crippen LogP contribution in [0.1, 0.15) is 12.8 Å². The fourth-order valence-corrected chi connectivity index (χ4v) is 3.11. The van der Waals surface area contributed by atoms with Crippen molar-refractivity contribution in [3.8, 4) is 0 Å². The van der Waals surface area contributed by atoms with Gasteiger partial charge in [0.1, 0.15) is 0 Å². The van der Waals surface area contributed by atoms with Crippen molar-refractivity contribution in [1.29, 1.82) is 0 Å². The summed E-state index contributed by atoms with van der Waals surface area (Å²) in [6.45, 7) is 6.32. The minimum absolute atomic E-state index is 0.191. The van der Waals surface area contributed by atoms with Crippen LogP contribution in [0.3, 0.4) is 0 Å². The van der Waals surface area contributed by atoms with Crippen molar-refractivity contribution >= 4 is 17.3 Å². The highest BCUT2D eigenvalue weighted by molar-refractivity contribution is 5.81. The van der Waals surface area contributed by atoms with Gasteiger partial charge in [0.2, 0.25) is 5.91 Å². The van der Waals surface area contributed by atoms with Crippen molar-refractivity contribution in [1.82, 2.24) is 9.80 Å². The summed E-state index contributed by atoms with van der Waals surface area (Å²) in [4.78, 5) is 18.8. The molecule has 2 aliphatic rings. The maximum absolute atomic E-state index is 12.2. The normalized spacial score (nSPS) is 19.5. The number of piperazine rings is 1. The highest BCUT2D eigenvalue weighted by Gasteiger charge is 2.18. The van der Waals surface area contributed by atoms with Gasteiger partial charge < -0.3 is 20.0 Å². The summed E-state index contributed by atoms with van der Waals surface area (Å²) in [6.07, 6.45) is 2.58. The molecule has 2 heterocycles. The van der Waals surface area contributed by atoms with Gasteiger partial charge in [-0.25, -0.2) is 0 Å². The number of carbonyl (C=O) groups is 1. The lowest BCUT2D eigenvalue weighted by atomic mass is 10.2. The van der Waals surface area contributed by atoms with Gasteiger partial charge >= 0.3 is 0 Å². The van der Waals surface area contributed by atoms with E-state index in [0.717, 1.165) is 45.0 Å². The molecule has 2 fully saturated rings. The Morgan fingerprint density at radius 1 is 1.00 bits per heavy atom. The molecule has 1 N–H and O–H groups in total. The van der Waals surface area contributed by atoms with E-state index in [4.69, 9.17) is 0 Å². The Kier molecular flexibility index (Phi) is 4.83. The Bertz CT molecular complexity index is 488. The fraction of sp³-hybridized carbons (Fsp3) is 0.588. The molecule has 5 heteroatoms. The van der Waals surface area contributed by atoms with Crippen LogP contribution >= 0.6 is 0 Å². The van der Waals surface area contributed by atoms with Crippen LogP contribution in [0.25, 0.3) is 0 Å². The lowest BCUT2D eigenvalue weighted by Gasteiger charge is -2.32. The Hall–Kier alpha value is -1.75. The number of nitrogens with one attached hydrogen (secondary N) is 1. The van der Waals surface area contributed by atoms with Crippen LogP contribution in [0.5, 0.6) is 0 Å². The van der Waals surface area contributed by atoms with Gasteiger partial charge in [0, 0.05) is 50.6 Å². The van der Waals surface area contributed by atoms with E-state index < -0.39 is 0 Å². The van der Waals surface area contributed by atoms with Gasteiger partial charge in [0.15, 0.2) is 0 Å². The van der Waals surface area contributed by atoms with Crippen LogP contribution in [0.2, 0.25) is 0 Å². The Balaban J connectivity index is 1.47. The lowest BCUT2D eigenvalue weighted by molar-refractivity contribution is -0.130. The minimum atomic E-state index is 0.191. The van der Waals surface area contributed by atoms with E-state index in [-0.39, 0.29) is 5.91 Å². The first kappa shape index (κ1) is 15.2. The van der Waals surface area contributed by atoms with Gasteiger partial charge in [-0.05, 0) is 44.2 Å². The molecule has 0 spiro atoms. The number of hydrogen-bond acceptors (Lipinski definition) is 4. The van der Waals surface area contributed by atoms with Crippen LogP contribution in [0, 0.1) is 0 Å². The molecule has 2 aliphatic heterocycles. The van der Waals surface area contributed by atoms with Crippen LogP contribution < -0.4 is 10.2 Å². The third kappa shape index (κ3) is 3.71. The summed E-state index contributed by atoms with van der Waals surface area (Å²) < 4.78 is 0. The number of likely N-dealkylation sites (N-methyl/N-ethyl adjacent to an activating group) is 1. The minimum Gasteiger partial charge on any atom is -0.376 e. The predicted molar refractivity (Wildman–Crippen MR) is 90.5 cm³/mol. The van der Waals surface area contributed by atoms with Crippen LogP contribution in [0.15, 0.2) is 24.3 Å². The molecule has 0 atom stereocenters. The van der Waals surface area contributed by atoms with E-state index in [1.54, 1.807) is 0 Å². The topological polar surface area (TPSA) is 38.8 Å². The molecule has 1 aromatic carbocycles. The van der Waals surface area contributed by atoms with E-state index in [1.165, 1.54) is 18.5 Å². The first-order valence-corrected chi connectivity index (χ1v) is 8.27. The second-order valence-corrected chi connectivity index (χ2v) is 6.28. The summed E-state index contributed by atoms with van der Waals surface area (Å²) in [5.74, 6) is 0.191. The quantitative estimate of drug-likeness (QED) is 0.914. The summed E-state index contributed by atoms with van der Waals surface area (Å²) in [5, 5.41) is 3.25. The van der Waals surface area contributed by atoms with Gasteiger partial charge in [-0.2, -0.15) is 0 Å². The highest BCUT2D eigenvalue weighted by Crippen LogP contribution is 2.21. The number of hydrogen-bond donors (Lipinski definition) is 1. The summed E-state index contributed by atoms with van der Waals surface area (Å²) in [5.41, 5.74) is 2.30. The molecule has 5 nitrogen and oxygen atoms in total. The van der Waals surface area contributed by atoms with Crippen LogP contribution in [0.4, 0.5) is 11.4 Å². The van der Waals surface area contributed by atoms with Gasteiger partial charge in [0.05, 0.1) is 6.54 Å². The molecule has 3 rings (SSSR count). The van der Waals surface area contributed by atoms with E-state index in [9.17, 15) is 4.79 Å². The molecule has 0 unspecified atom stereocenters. The van der Waals surface area contributed by atoms with Gasteiger partial charge in [-0.1, -0.05) is 0 Å². The maximum atomic E-state index is 12.2. The van der Waals surface area contributed by atoms with Crippen molar-refractivity contribution in [3.63, 3.8) is 0 Å². The Labute approximate surface area is 132 Å². The zero-order valence-corrected chi connectivity index (χ0v) is 13.4. The first-order valence-electron chi connectivity index (χ1n) is 8.27. The van der Waals surface area contributed by atoms with Gasteiger partial charge in [-0.15, -0.1) is 0 Å². The largest absolute Gasteiger partial charge is 0.376 e. The molecule has 0 aliphatic carbocycles. The number of anilines is 2. The molecule has 120 valence electrons. The lowest BCUT2D eigenvalue weighted by Crippen LogP contribution is -2.48. The van der Waals surface area contributed by atoms with Gasteiger partial charge in [0.25, 0.3) is 0 Å². The molecule has 0 bridgehead atoms. The predicted octanol–water partition coefficient (Wildman–Crippen LogP) is 1.47. The highest BCUT2D eigenvalue weighted by atomic mass is 16.2. The SMILES string of the molecule is CN1CCN(C(=O)CNc2ccc(N3CCCC3)cc2)CC1. The second kappa shape index (κ2) is 7.01. The fourth-order valence-electron chi connectivity index (χ4n) is 3.11. The second-order valence-electron chi connectivity index (χ2n) is 6.28. The molecule has 0 saturated carbocycles. The summed E-state index contributed by atoms with van der Waals surface area (Å²) >= 11 is 0. The van der Waals surface area contributed by atoms with E-state index in [0.29, 0.717) is 6.54 Å². The number of benzene rings is 1. The first-order chi connectivity index (χ1) is 10.7. The molecular formula is C17H26N4O. The number of amides is 1. The standard InChI is InChI=1S/C17H26N4O/c1-19-10-12-21(13-11-19)17(22)14-18-15-4-6-16(7-5-15)20-8-2-3-9-20/h4-7,18H,2-3,8-14H2,1H3. The monoisotopic (exact) mass is 302 g/mol. The van der Waals surface area contributed by atoms with Crippen molar-refractivity contribution in [3.05, 3.63) is 24.3 Å². The summed E-state index contributed by atoms with van der Waals surface area (Å²) in [7, 11) is 2.10. The molecule has 0 radical (unpaired) electrons. The molecule has 1 amide bonds. The smallest absolute Gasteiger partial charge is 0.241 e. The Morgan fingerprint density at radius 3 is 2.27 bits per heavy atom. The maximum Gasteiger partial charge on any atom is 0.241 e. The van der Waals surface area contributed by atoms with Crippen LogP contribution in [-0.2, 0) is 4.79 Å².